The highest BCUT2D eigenvalue weighted by molar-refractivity contribution is 5.58. The molecule has 0 spiro atoms. The fraction of sp³-hybridized carbons (Fsp3) is 0.111. The minimum atomic E-state index is 0.607. The molecule has 4 nitrogen and oxygen atoms in total. The third-order valence-corrected chi connectivity index (χ3v) is 3.52. The summed E-state index contributed by atoms with van der Waals surface area (Å²) in [6, 6.07) is 17.6. The first-order chi connectivity index (χ1) is 10.8. The van der Waals surface area contributed by atoms with Crippen molar-refractivity contribution in [2.75, 3.05) is 7.11 Å². The van der Waals surface area contributed by atoms with Crippen molar-refractivity contribution < 1.29 is 4.74 Å². The van der Waals surface area contributed by atoms with Gasteiger partial charge in [0.25, 0.3) is 0 Å². The lowest BCUT2D eigenvalue weighted by molar-refractivity contribution is 0.415. The van der Waals surface area contributed by atoms with Gasteiger partial charge in [-0.15, -0.1) is 0 Å². The first-order valence-electron chi connectivity index (χ1n) is 6.95. The second-order valence-corrected chi connectivity index (χ2v) is 4.88. The van der Waals surface area contributed by atoms with Crippen LogP contribution in [0.25, 0.3) is 11.4 Å². The molecule has 0 N–H and O–H groups in total. The summed E-state index contributed by atoms with van der Waals surface area (Å²) in [7, 11) is 1.65. The molecule has 0 saturated heterocycles. The summed E-state index contributed by atoms with van der Waals surface area (Å²) in [6.07, 6.45) is 3.69. The van der Waals surface area contributed by atoms with Crippen molar-refractivity contribution in [1.29, 1.82) is 5.26 Å². The standard InChI is InChI=1S/C18H15N3O/c1-22-17-8-4-7-14(11-17)18-20-9-10-21(18)13-16-6-3-2-5-15(16)12-19/h2-11H,13H2,1H3. The van der Waals surface area contributed by atoms with E-state index in [0.29, 0.717) is 12.1 Å². The van der Waals surface area contributed by atoms with Crippen LogP contribution >= 0.6 is 0 Å². The highest BCUT2D eigenvalue weighted by atomic mass is 16.5. The molecular formula is C18H15N3O. The van der Waals surface area contributed by atoms with Crippen molar-refractivity contribution in [3.63, 3.8) is 0 Å². The quantitative estimate of drug-likeness (QED) is 0.739. The molecule has 2 aromatic carbocycles. The van der Waals surface area contributed by atoms with E-state index in [2.05, 4.69) is 11.1 Å². The van der Waals surface area contributed by atoms with Crippen LogP contribution in [0.4, 0.5) is 0 Å². The number of benzene rings is 2. The first-order valence-corrected chi connectivity index (χ1v) is 6.95. The molecule has 0 unspecified atom stereocenters. The summed E-state index contributed by atoms with van der Waals surface area (Å²) >= 11 is 0. The molecule has 0 atom stereocenters. The normalized spacial score (nSPS) is 10.2. The Kier molecular flexibility index (Phi) is 3.88. The summed E-state index contributed by atoms with van der Waals surface area (Å²) in [5, 5.41) is 9.21. The molecule has 0 aliphatic rings. The minimum absolute atomic E-state index is 0.607. The van der Waals surface area contributed by atoms with E-state index in [1.165, 1.54) is 0 Å². The summed E-state index contributed by atoms with van der Waals surface area (Å²) in [6.45, 7) is 0.607. The van der Waals surface area contributed by atoms with Gasteiger partial charge in [0, 0.05) is 18.0 Å². The molecule has 4 heteroatoms. The number of hydrogen-bond acceptors (Lipinski definition) is 3. The van der Waals surface area contributed by atoms with Crippen molar-refractivity contribution in [3.8, 4) is 23.2 Å². The van der Waals surface area contributed by atoms with Gasteiger partial charge in [-0.1, -0.05) is 30.3 Å². The number of imidazole rings is 1. The Bertz CT molecular complexity index is 830. The summed E-state index contributed by atoms with van der Waals surface area (Å²) < 4.78 is 7.30. The molecule has 1 aromatic heterocycles. The minimum Gasteiger partial charge on any atom is -0.497 e. The van der Waals surface area contributed by atoms with Crippen LogP contribution in [0.2, 0.25) is 0 Å². The lowest BCUT2D eigenvalue weighted by Gasteiger charge is -2.10. The Morgan fingerprint density at radius 2 is 2.05 bits per heavy atom. The molecule has 0 aliphatic heterocycles. The maximum atomic E-state index is 9.21. The molecule has 108 valence electrons. The zero-order valence-electron chi connectivity index (χ0n) is 12.2. The van der Waals surface area contributed by atoms with Crippen LogP contribution < -0.4 is 4.74 Å². The molecule has 0 aliphatic carbocycles. The van der Waals surface area contributed by atoms with Crippen molar-refractivity contribution >= 4 is 0 Å². The van der Waals surface area contributed by atoms with Crippen LogP contribution in [0.3, 0.4) is 0 Å². The molecule has 3 aromatic rings. The summed E-state index contributed by atoms with van der Waals surface area (Å²) in [4.78, 5) is 4.44. The molecule has 0 bridgehead atoms. The van der Waals surface area contributed by atoms with Crippen LogP contribution in [0.5, 0.6) is 5.75 Å². The van der Waals surface area contributed by atoms with Crippen molar-refractivity contribution in [2.24, 2.45) is 0 Å². The van der Waals surface area contributed by atoms with Crippen LogP contribution in [0.15, 0.2) is 60.9 Å². The number of ether oxygens (including phenoxy) is 1. The molecule has 0 saturated carbocycles. The number of hydrogen-bond donors (Lipinski definition) is 0. The molecule has 0 fully saturated rings. The molecular weight excluding hydrogens is 274 g/mol. The number of nitrogens with zero attached hydrogens (tertiary/aromatic N) is 3. The maximum Gasteiger partial charge on any atom is 0.140 e. The van der Waals surface area contributed by atoms with Gasteiger partial charge in [0.1, 0.15) is 11.6 Å². The third-order valence-electron chi connectivity index (χ3n) is 3.52. The van der Waals surface area contributed by atoms with Gasteiger partial charge < -0.3 is 9.30 Å². The smallest absolute Gasteiger partial charge is 0.140 e. The lowest BCUT2D eigenvalue weighted by Crippen LogP contribution is -2.03. The Morgan fingerprint density at radius 3 is 2.86 bits per heavy atom. The molecule has 1 heterocycles. The predicted octanol–water partition coefficient (Wildman–Crippen LogP) is 3.48. The average Bonchev–Trinajstić information content (AvgIpc) is 3.03. The largest absolute Gasteiger partial charge is 0.497 e. The number of methoxy groups -OCH3 is 1. The lowest BCUT2D eigenvalue weighted by atomic mass is 10.1. The monoisotopic (exact) mass is 289 g/mol. The summed E-state index contributed by atoms with van der Waals surface area (Å²) in [5.74, 6) is 1.65. The van der Waals surface area contributed by atoms with E-state index >= 15 is 0 Å². The van der Waals surface area contributed by atoms with Gasteiger partial charge >= 0.3 is 0 Å². The molecule has 3 rings (SSSR count). The Hall–Kier alpha value is -3.06. The van der Waals surface area contributed by atoms with Gasteiger partial charge in [0.2, 0.25) is 0 Å². The van der Waals surface area contributed by atoms with Gasteiger partial charge in [0.05, 0.1) is 25.3 Å². The van der Waals surface area contributed by atoms with Gasteiger partial charge in [-0.2, -0.15) is 5.26 Å². The fourth-order valence-corrected chi connectivity index (χ4v) is 2.41. The average molecular weight is 289 g/mol. The van der Waals surface area contributed by atoms with Crippen molar-refractivity contribution in [1.82, 2.24) is 9.55 Å². The number of rotatable bonds is 4. The van der Waals surface area contributed by atoms with E-state index in [9.17, 15) is 5.26 Å². The second-order valence-electron chi connectivity index (χ2n) is 4.88. The number of nitriles is 1. The van der Waals surface area contributed by atoms with Crippen LogP contribution in [-0.4, -0.2) is 16.7 Å². The van der Waals surface area contributed by atoms with Crippen LogP contribution in [0.1, 0.15) is 11.1 Å². The first kappa shape index (κ1) is 13.9. The zero-order chi connectivity index (χ0) is 15.4. The number of aromatic nitrogens is 2. The topological polar surface area (TPSA) is 50.8 Å². The SMILES string of the molecule is COc1cccc(-c2nccn2Cc2ccccc2C#N)c1. The Balaban J connectivity index is 1.97. The third kappa shape index (κ3) is 2.70. The van der Waals surface area contributed by atoms with Crippen LogP contribution in [0, 0.1) is 11.3 Å². The van der Waals surface area contributed by atoms with E-state index in [1.54, 1.807) is 13.3 Å². The Labute approximate surface area is 129 Å². The van der Waals surface area contributed by atoms with Gasteiger partial charge in [-0.05, 0) is 23.8 Å². The highest BCUT2D eigenvalue weighted by Crippen LogP contribution is 2.23. The molecule has 0 radical (unpaired) electrons. The predicted molar refractivity (Wildman–Crippen MR) is 84.5 cm³/mol. The van der Waals surface area contributed by atoms with E-state index in [-0.39, 0.29) is 0 Å². The van der Waals surface area contributed by atoms with Crippen molar-refractivity contribution in [3.05, 3.63) is 72.1 Å². The maximum absolute atomic E-state index is 9.21. The van der Waals surface area contributed by atoms with Crippen molar-refractivity contribution in [2.45, 2.75) is 6.54 Å². The second kappa shape index (κ2) is 6.15. The zero-order valence-corrected chi connectivity index (χ0v) is 12.2. The van der Waals surface area contributed by atoms with Gasteiger partial charge in [-0.3, -0.25) is 0 Å². The highest BCUT2D eigenvalue weighted by Gasteiger charge is 2.09. The van der Waals surface area contributed by atoms with Gasteiger partial charge in [-0.25, -0.2) is 4.98 Å². The molecule has 0 amide bonds. The summed E-state index contributed by atoms with van der Waals surface area (Å²) in [5.41, 5.74) is 2.65. The van der Waals surface area contributed by atoms with E-state index in [1.807, 2.05) is 59.3 Å². The van der Waals surface area contributed by atoms with E-state index in [4.69, 9.17) is 4.74 Å². The fourth-order valence-electron chi connectivity index (χ4n) is 2.41. The molecule has 22 heavy (non-hydrogen) atoms. The van der Waals surface area contributed by atoms with E-state index in [0.717, 1.165) is 22.7 Å². The van der Waals surface area contributed by atoms with Crippen LogP contribution in [-0.2, 0) is 6.54 Å². The van der Waals surface area contributed by atoms with E-state index < -0.39 is 0 Å². The van der Waals surface area contributed by atoms with Gasteiger partial charge in [0.15, 0.2) is 0 Å². The Morgan fingerprint density at radius 1 is 1.18 bits per heavy atom.